The van der Waals surface area contributed by atoms with E-state index in [2.05, 4.69) is 30.6 Å². The lowest BCUT2D eigenvalue weighted by atomic mass is 10.1. The molecule has 0 saturated carbocycles. The van der Waals surface area contributed by atoms with Gasteiger partial charge in [0, 0.05) is 18.3 Å². The van der Waals surface area contributed by atoms with E-state index in [9.17, 15) is 4.79 Å². The Balaban J connectivity index is 1.78. The first-order chi connectivity index (χ1) is 12.1. The number of carbonyl (C=O) groups excluding carboxylic acids is 1. The molecule has 0 N–H and O–H groups in total. The van der Waals surface area contributed by atoms with Crippen LogP contribution in [0.5, 0.6) is 5.75 Å². The van der Waals surface area contributed by atoms with Crippen LogP contribution in [0.2, 0.25) is 0 Å². The summed E-state index contributed by atoms with van der Waals surface area (Å²) >= 11 is 4.29. The van der Waals surface area contributed by atoms with E-state index in [4.69, 9.17) is 9.47 Å². The predicted molar refractivity (Wildman–Crippen MR) is 102 cm³/mol. The van der Waals surface area contributed by atoms with Crippen molar-refractivity contribution < 1.29 is 14.3 Å². The Hall–Kier alpha value is -2.01. The van der Waals surface area contributed by atoms with Crippen LogP contribution < -0.4 is 4.74 Å². The van der Waals surface area contributed by atoms with Crippen LogP contribution in [0.25, 0.3) is 0 Å². The molecule has 1 aromatic carbocycles. The molecule has 0 bridgehead atoms. The quantitative estimate of drug-likeness (QED) is 0.548. The summed E-state index contributed by atoms with van der Waals surface area (Å²) in [6.07, 6.45) is 4.23. The number of esters is 1. The van der Waals surface area contributed by atoms with Gasteiger partial charge in [-0.05, 0) is 49.1 Å². The molecule has 2 aromatic rings. The Morgan fingerprint density at radius 1 is 1.12 bits per heavy atom. The summed E-state index contributed by atoms with van der Waals surface area (Å²) in [4.78, 5) is 16.0. The number of carbonyl (C=O) groups is 1. The smallest absolute Gasteiger partial charge is 0.319 e. The molecule has 0 unspecified atom stereocenters. The standard InChI is InChI=1S/C20H25NO3S/c1-3-15-5-8-17(21-14-15)11-12-24-18-9-6-16(7-10-18)13-19(25)20(22)23-4-2/h5-10,14,19,25H,3-4,11-13H2,1-2H3/t19-/m1/s1. The number of benzene rings is 1. The normalized spacial score (nSPS) is 11.8. The Morgan fingerprint density at radius 2 is 1.84 bits per heavy atom. The molecule has 0 aliphatic heterocycles. The van der Waals surface area contributed by atoms with Gasteiger partial charge < -0.3 is 9.47 Å². The highest BCUT2D eigenvalue weighted by molar-refractivity contribution is 7.81. The second-order valence-corrected chi connectivity index (χ2v) is 6.35. The molecule has 0 spiro atoms. The highest BCUT2D eigenvalue weighted by atomic mass is 32.1. The summed E-state index contributed by atoms with van der Waals surface area (Å²) in [7, 11) is 0. The van der Waals surface area contributed by atoms with E-state index in [0.29, 0.717) is 19.6 Å². The van der Waals surface area contributed by atoms with Gasteiger partial charge in [0.25, 0.3) is 0 Å². The molecule has 1 heterocycles. The summed E-state index contributed by atoms with van der Waals surface area (Å²) < 4.78 is 10.7. The minimum atomic E-state index is -0.441. The molecule has 0 saturated heterocycles. The topological polar surface area (TPSA) is 48.4 Å². The predicted octanol–water partition coefficient (Wildman–Crippen LogP) is 3.67. The number of aromatic nitrogens is 1. The molecule has 0 radical (unpaired) electrons. The number of hydrogen-bond acceptors (Lipinski definition) is 5. The van der Waals surface area contributed by atoms with Gasteiger partial charge in [0.15, 0.2) is 0 Å². The third-order valence-electron chi connectivity index (χ3n) is 3.83. The zero-order chi connectivity index (χ0) is 18.1. The molecular weight excluding hydrogens is 334 g/mol. The summed E-state index contributed by atoms with van der Waals surface area (Å²) in [6, 6.07) is 11.9. The average Bonchev–Trinajstić information content (AvgIpc) is 2.64. The highest BCUT2D eigenvalue weighted by Crippen LogP contribution is 2.16. The fourth-order valence-electron chi connectivity index (χ4n) is 2.35. The third-order valence-corrected chi connectivity index (χ3v) is 4.23. The second-order valence-electron chi connectivity index (χ2n) is 5.73. The largest absolute Gasteiger partial charge is 0.493 e. The van der Waals surface area contributed by atoms with Crippen molar-refractivity contribution in [3.05, 3.63) is 59.4 Å². The molecule has 5 heteroatoms. The maximum absolute atomic E-state index is 11.6. The van der Waals surface area contributed by atoms with Gasteiger partial charge in [0.2, 0.25) is 0 Å². The van der Waals surface area contributed by atoms with Gasteiger partial charge in [-0.3, -0.25) is 9.78 Å². The minimum absolute atomic E-state index is 0.284. The van der Waals surface area contributed by atoms with Crippen molar-refractivity contribution >= 4 is 18.6 Å². The van der Waals surface area contributed by atoms with Crippen molar-refractivity contribution in [2.75, 3.05) is 13.2 Å². The molecule has 1 atom stereocenters. The van der Waals surface area contributed by atoms with Gasteiger partial charge in [-0.1, -0.05) is 25.1 Å². The Morgan fingerprint density at radius 3 is 2.44 bits per heavy atom. The van der Waals surface area contributed by atoms with Gasteiger partial charge in [-0.15, -0.1) is 0 Å². The van der Waals surface area contributed by atoms with Crippen molar-refractivity contribution in [3.63, 3.8) is 0 Å². The van der Waals surface area contributed by atoms with E-state index < -0.39 is 5.25 Å². The molecule has 0 fully saturated rings. The first-order valence-corrected chi connectivity index (χ1v) is 9.14. The number of hydrogen-bond donors (Lipinski definition) is 1. The first-order valence-electron chi connectivity index (χ1n) is 8.62. The molecule has 1 aromatic heterocycles. The lowest BCUT2D eigenvalue weighted by molar-refractivity contribution is -0.142. The van der Waals surface area contributed by atoms with Crippen molar-refractivity contribution in [2.45, 2.75) is 38.4 Å². The number of nitrogens with zero attached hydrogens (tertiary/aromatic N) is 1. The van der Waals surface area contributed by atoms with Crippen LogP contribution in [0.4, 0.5) is 0 Å². The molecular formula is C20H25NO3S. The van der Waals surface area contributed by atoms with Crippen molar-refractivity contribution in [1.82, 2.24) is 4.98 Å². The third kappa shape index (κ3) is 6.42. The van der Waals surface area contributed by atoms with Crippen LogP contribution >= 0.6 is 12.6 Å². The number of aryl methyl sites for hydroxylation is 1. The van der Waals surface area contributed by atoms with Gasteiger partial charge >= 0.3 is 5.97 Å². The molecule has 0 amide bonds. The number of thiol groups is 1. The minimum Gasteiger partial charge on any atom is -0.493 e. The maximum atomic E-state index is 11.6. The zero-order valence-electron chi connectivity index (χ0n) is 14.8. The Kier molecular flexibility index (Phi) is 7.79. The van der Waals surface area contributed by atoms with Crippen molar-refractivity contribution in [1.29, 1.82) is 0 Å². The van der Waals surface area contributed by atoms with Crippen LogP contribution in [0.15, 0.2) is 42.6 Å². The van der Waals surface area contributed by atoms with Crippen molar-refractivity contribution in [2.24, 2.45) is 0 Å². The van der Waals surface area contributed by atoms with E-state index in [-0.39, 0.29) is 5.97 Å². The first kappa shape index (κ1) is 19.3. The summed E-state index contributed by atoms with van der Waals surface area (Å²) in [6.45, 7) is 4.86. The molecule has 4 nitrogen and oxygen atoms in total. The molecule has 0 aliphatic carbocycles. The maximum Gasteiger partial charge on any atom is 0.319 e. The number of pyridine rings is 1. The van der Waals surface area contributed by atoms with Crippen LogP contribution in [-0.2, 0) is 28.8 Å². The fourth-order valence-corrected chi connectivity index (χ4v) is 2.64. The Bertz CT molecular complexity index is 656. The Labute approximate surface area is 155 Å². The lowest BCUT2D eigenvalue weighted by Crippen LogP contribution is -2.20. The van der Waals surface area contributed by atoms with E-state index in [1.54, 1.807) is 6.92 Å². The van der Waals surface area contributed by atoms with E-state index >= 15 is 0 Å². The molecule has 0 aliphatic rings. The summed E-state index contributed by atoms with van der Waals surface area (Å²) in [5, 5.41) is -0.441. The highest BCUT2D eigenvalue weighted by Gasteiger charge is 2.15. The van der Waals surface area contributed by atoms with Gasteiger partial charge in [-0.25, -0.2) is 0 Å². The van der Waals surface area contributed by atoms with Crippen LogP contribution in [0, 0.1) is 0 Å². The van der Waals surface area contributed by atoms with E-state index in [1.165, 1.54) is 5.56 Å². The van der Waals surface area contributed by atoms with Crippen LogP contribution in [0.3, 0.4) is 0 Å². The monoisotopic (exact) mass is 359 g/mol. The molecule has 25 heavy (non-hydrogen) atoms. The van der Waals surface area contributed by atoms with Crippen molar-refractivity contribution in [3.8, 4) is 5.75 Å². The SMILES string of the molecule is CCOC(=O)[C@H](S)Cc1ccc(OCCc2ccc(CC)cn2)cc1. The average molecular weight is 359 g/mol. The molecule has 134 valence electrons. The fraction of sp³-hybridized carbons (Fsp3) is 0.400. The zero-order valence-corrected chi connectivity index (χ0v) is 15.7. The van der Waals surface area contributed by atoms with Gasteiger partial charge in [0.1, 0.15) is 11.0 Å². The summed E-state index contributed by atoms with van der Waals surface area (Å²) in [5.74, 6) is 0.522. The van der Waals surface area contributed by atoms with E-state index in [0.717, 1.165) is 29.8 Å². The lowest BCUT2D eigenvalue weighted by Gasteiger charge is -2.11. The molecule has 2 rings (SSSR count). The number of ether oxygens (including phenoxy) is 2. The second kappa shape index (κ2) is 10.1. The summed E-state index contributed by atoms with van der Waals surface area (Å²) in [5.41, 5.74) is 3.30. The van der Waals surface area contributed by atoms with E-state index in [1.807, 2.05) is 36.5 Å². The van der Waals surface area contributed by atoms with Gasteiger partial charge in [0.05, 0.1) is 13.2 Å². The van der Waals surface area contributed by atoms with Crippen LogP contribution in [0.1, 0.15) is 30.7 Å². The van der Waals surface area contributed by atoms with Gasteiger partial charge in [-0.2, -0.15) is 12.6 Å². The number of rotatable bonds is 9. The van der Waals surface area contributed by atoms with Crippen LogP contribution in [-0.4, -0.2) is 29.4 Å².